The van der Waals surface area contributed by atoms with E-state index in [9.17, 15) is 4.79 Å². The number of rotatable bonds is 4. The van der Waals surface area contributed by atoms with E-state index in [-0.39, 0.29) is 5.91 Å². The van der Waals surface area contributed by atoms with Crippen molar-refractivity contribution >= 4 is 34.8 Å². The molecule has 0 fully saturated rings. The number of hydrogen-bond acceptors (Lipinski definition) is 4. The first-order valence-electron chi connectivity index (χ1n) is 10.1. The number of hydrogen-bond donors (Lipinski definition) is 2. The maximum Gasteiger partial charge on any atom is 0.256 e. The maximum atomic E-state index is 13.4. The Bertz CT molecular complexity index is 1510. The van der Waals surface area contributed by atoms with Crippen LogP contribution in [-0.2, 0) is 7.05 Å². The number of aromatic nitrogens is 5. The fourth-order valence-electron chi connectivity index (χ4n) is 3.84. The standard InChI is InChI=1S/C24H20N6OS/c1-15-21-19(14-20(16-7-4-3-5-8-16)27-22(21)29(2)28-15)23(31)26-17-9-6-10-18(13-17)30-12-11-25-24(30)32/h3-14H,1-2H3,(H,25,32)(H,26,31). The number of nitrogens with zero attached hydrogens (tertiary/aromatic N) is 4. The lowest BCUT2D eigenvalue weighted by Crippen LogP contribution is -2.13. The van der Waals surface area contributed by atoms with Gasteiger partial charge in [-0.15, -0.1) is 0 Å². The third kappa shape index (κ3) is 3.50. The van der Waals surface area contributed by atoms with Crippen LogP contribution in [0, 0.1) is 11.7 Å². The normalized spacial score (nSPS) is 11.1. The van der Waals surface area contributed by atoms with Gasteiger partial charge in [0.15, 0.2) is 10.4 Å². The van der Waals surface area contributed by atoms with Crippen molar-refractivity contribution in [1.82, 2.24) is 24.3 Å². The fourth-order valence-corrected chi connectivity index (χ4v) is 4.07. The van der Waals surface area contributed by atoms with Crippen molar-refractivity contribution in [2.75, 3.05) is 5.32 Å². The number of carbonyl (C=O) groups is 1. The number of aromatic amines is 1. The molecule has 7 nitrogen and oxygen atoms in total. The SMILES string of the molecule is Cc1nn(C)c2nc(-c3ccccc3)cc(C(=O)Nc3cccc(-n4cc[nH]c4=S)c3)c12. The van der Waals surface area contributed by atoms with Gasteiger partial charge in [0.1, 0.15) is 0 Å². The van der Waals surface area contributed by atoms with E-state index in [4.69, 9.17) is 17.2 Å². The third-order valence-corrected chi connectivity index (χ3v) is 5.63. The summed E-state index contributed by atoms with van der Waals surface area (Å²) < 4.78 is 4.14. The molecule has 8 heteroatoms. The quantitative estimate of drug-likeness (QED) is 0.384. The first kappa shape index (κ1) is 19.9. The topological polar surface area (TPSA) is 80.5 Å². The van der Waals surface area contributed by atoms with Crippen molar-refractivity contribution in [2.24, 2.45) is 7.05 Å². The summed E-state index contributed by atoms with van der Waals surface area (Å²) in [4.78, 5) is 21.2. The van der Waals surface area contributed by atoms with Crippen LogP contribution in [-0.4, -0.2) is 30.2 Å². The number of H-pyrrole nitrogens is 1. The molecule has 0 aliphatic heterocycles. The Kier molecular flexibility index (Phi) is 4.91. The van der Waals surface area contributed by atoms with Crippen LogP contribution in [0.2, 0.25) is 0 Å². The van der Waals surface area contributed by atoms with Gasteiger partial charge in [-0.3, -0.25) is 14.0 Å². The summed E-state index contributed by atoms with van der Waals surface area (Å²) in [7, 11) is 1.84. The van der Waals surface area contributed by atoms with Gasteiger partial charge in [0.25, 0.3) is 5.91 Å². The van der Waals surface area contributed by atoms with E-state index in [0.717, 1.165) is 28.0 Å². The molecule has 5 rings (SSSR count). The van der Waals surface area contributed by atoms with Crippen LogP contribution in [0.15, 0.2) is 73.1 Å². The Labute approximate surface area is 189 Å². The molecule has 0 radical (unpaired) electrons. The molecule has 2 N–H and O–H groups in total. The van der Waals surface area contributed by atoms with Crippen LogP contribution in [0.25, 0.3) is 28.0 Å². The van der Waals surface area contributed by atoms with Crippen molar-refractivity contribution in [1.29, 1.82) is 0 Å². The fraction of sp³-hybridized carbons (Fsp3) is 0.0833. The van der Waals surface area contributed by atoms with Crippen molar-refractivity contribution in [2.45, 2.75) is 6.92 Å². The highest BCUT2D eigenvalue weighted by Gasteiger charge is 2.19. The minimum atomic E-state index is -0.222. The first-order chi connectivity index (χ1) is 15.5. The molecular formula is C24H20N6OS. The van der Waals surface area contributed by atoms with Gasteiger partial charge in [0.05, 0.1) is 22.3 Å². The molecule has 3 heterocycles. The van der Waals surface area contributed by atoms with Gasteiger partial charge >= 0.3 is 0 Å². The highest BCUT2D eigenvalue weighted by molar-refractivity contribution is 7.71. The largest absolute Gasteiger partial charge is 0.337 e. The molecule has 0 unspecified atom stereocenters. The molecule has 1 amide bonds. The molecule has 0 aliphatic rings. The van der Waals surface area contributed by atoms with Gasteiger partial charge in [-0.2, -0.15) is 5.10 Å². The molecule has 32 heavy (non-hydrogen) atoms. The molecule has 3 aromatic heterocycles. The number of nitrogens with one attached hydrogen (secondary N) is 2. The minimum Gasteiger partial charge on any atom is -0.337 e. The average Bonchev–Trinajstić information content (AvgIpc) is 3.36. The van der Waals surface area contributed by atoms with Crippen LogP contribution >= 0.6 is 12.2 Å². The second kappa shape index (κ2) is 7.90. The molecule has 0 aliphatic carbocycles. The van der Waals surface area contributed by atoms with Gasteiger partial charge in [-0.1, -0.05) is 36.4 Å². The number of amides is 1. The summed E-state index contributed by atoms with van der Waals surface area (Å²) in [6.07, 6.45) is 3.62. The molecule has 2 aromatic carbocycles. The Hall–Kier alpha value is -4.04. The molecule has 0 atom stereocenters. The van der Waals surface area contributed by atoms with E-state index in [1.165, 1.54) is 0 Å². The van der Waals surface area contributed by atoms with E-state index >= 15 is 0 Å². The molecule has 5 aromatic rings. The zero-order chi connectivity index (χ0) is 22.2. The van der Waals surface area contributed by atoms with Crippen molar-refractivity contribution in [3.8, 4) is 16.9 Å². The summed E-state index contributed by atoms with van der Waals surface area (Å²) in [6.45, 7) is 1.89. The highest BCUT2D eigenvalue weighted by atomic mass is 32.1. The zero-order valence-corrected chi connectivity index (χ0v) is 18.4. The van der Waals surface area contributed by atoms with Gasteiger partial charge in [-0.25, -0.2) is 4.98 Å². The monoisotopic (exact) mass is 440 g/mol. The Morgan fingerprint density at radius 1 is 1.09 bits per heavy atom. The number of benzene rings is 2. The number of aryl methyl sites for hydroxylation is 2. The molecule has 0 saturated carbocycles. The summed E-state index contributed by atoms with van der Waals surface area (Å²) in [5, 5.41) is 8.26. The van der Waals surface area contributed by atoms with Crippen LogP contribution < -0.4 is 5.32 Å². The average molecular weight is 441 g/mol. The highest BCUT2D eigenvalue weighted by Crippen LogP contribution is 2.27. The maximum absolute atomic E-state index is 13.4. The summed E-state index contributed by atoms with van der Waals surface area (Å²) in [5.41, 5.74) is 5.14. The molecule has 0 spiro atoms. The van der Waals surface area contributed by atoms with E-state index in [1.54, 1.807) is 10.9 Å². The van der Waals surface area contributed by atoms with Crippen LogP contribution in [0.5, 0.6) is 0 Å². The predicted molar refractivity (Wildman–Crippen MR) is 128 cm³/mol. The zero-order valence-electron chi connectivity index (χ0n) is 17.5. The second-order valence-corrected chi connectivity index (χ2v) is 7.86. The smallest absolute Gasteiger partial charge is 0.256 e. The van der Waals surface area contributed by atoms with Gasteiger partial charge < -0.3 is 10.3 Å². The number of imidazole rings is 1. The lowest BCUT2D eigenvalue weighted by molar-refractivity contribution is 0.102. The molecule has 0 bridgehead atoms. The Balaban J connectivity index is 1.58. The van der Waals surface area contributed by atoms with E-state index in [2.05, 4.69) is 15.4 Å². The lowest BCUT2D eigenvalue weighted by atomic mass is 10.0. The van der Waals surface area contributed by atoms with E-state index < -0.39 is 0 Å². The van der Waals surface area contributed by atoms with E-state index in [0.29, 0.717) is 21.7 Å². The van der Waals surface area contributed by atoms with Gasteiger partial charge in [0.2, 0.25) is 0 Å². The second-order valence-electron chi connectivity index (χ2n) is 7.47. The van der Waals surface area contributed by atoms with Gasteiger partial charge in [-0.05, 0) is 43.4 Å². The number of pyridine rings is 1. The number of fused-ring (bicyclic) bond motifs is 1. The van der Waals surface area contributed by atoms with Crippen molar-refractivity contribution < 1.29 is 4.79 Å². The van der Waals surface area contributed by atoms with Crippen molar-refractivity contribution in [3.63, 3.8) is 0 Å². The lowest BCUT2D eigenvalue weighted by Gasteiger charge is -2.11. The summed E-state index contributed by atoms with van der Waals surface area (Å²) >= 11 is 5.31. The number of carbonyl (C=O) groups excluding carboxylic acids is 1. The summed E-state index contributed by atoms with van der Waals surface area (Å²) in [6, 6.07) is 19.2. The van der Waals surface area contributed by atoms with Crippen LogP contribution in [0.1, 0.15) is 16.1 Å². The number of anilines is 1. The summed E-state index contributed by atoms with van der Waals surface area (Å²) in [5.74, 6) is -0.222. The molecule has 158 valence electrons. The Morgan fingerprint density at radius 3 is 2.66 bits per heavy atom. The van der Waals surface area contributed by atoms with Crippen molar-refractivity contribution in [3.05, 3.63) is 89.1 Å². The van der Waals surface area contributed by atoms with E-state index in [1.807, 2.05) is 85.4 Å². The van der Waals surface area contributed by atoms with Crippen LogP contribution in [0.3, 0.4) is 0 Å². The third-order valence-electron chi connectivity index (χ3n) is 5.31. The van der Waals surface area contributed by atoms with Crippen LogP contribution in [0.4, 0.5) is 5.69 Å². The molecule has 0 saturated heterocycles. The Morgan fingerprint density at radius 2 is 1.91 bits per heavy atom. The first-order valence-corrected chi connectivity index (χ1v) is 10.5. The molecular weight excluding hydrogens is 420 g/mol. The minimum absolute atomic E-state index is 0.222. The predicted octanol–water partition coefficient (Wildman–Crippen LogP) is 5.04. The van der Waals surface area contributed by atoms with Gasteiger partial charge in [0, 0.05) is 36.4 Å².